The summed E-state index contributed by atoms with van der Waals surface area (Å²) < 4.78 is 5.71. The average molecular weight is 278 g/mol. The Morgan fingerprint density at radius 2 is 1.75 bits per heavy atom. The van der Waals surface area contributed by atoms with Gasteiger partial charge in [0.2, 0.25) is 0 Å². The predicted octanol–water partition coefficient (Wildman–Crippen LogP) is 4.82. The SMILES string of the molecule is CCCCCCCCCOc1ccc(C(=O)O)cc1C. The zero-order valence-corrected chi connectivity index (χ0v) is 12.7. The third kappa shape index (κ3) is 6.09. The molecule has 1 aromatic carbocycles. The zero-order valence-electron chi connectivity index (χ0n) is 12.7. The van der Waals surface area contributed by atoms with Crippen molar-refractivity contribution in [2.45, 2.75) is 58.8 Å². The van der Waals surface area contributed by atoms with Crippen LogP contribution in [0.2, 0.25) is 0 Å². The van der Waals surface area contributed by atoms with E-state index < -0.39 is 5.97 Å². The predicted molar refractivity (Wildman–Crippen MR) is 81.6 cm³/mol. The van der Waals surface area contributed by atoms with E-state index in [1.807, 2.05) is 6.92 Å². The lowest BCUT2D eigenvalue weighted by molar-refractivity contribution is 0.0696. The number of unbranched alkanes of at least 4 members (excludes halogenated alkanes) is 6. The van der Waals surface area contributed by atoms with Crippen LogP contribution in [-0.2, 0) is 0 Å². The van der Waals surface area contributed by atoms with E-state index in [1.165, 1.54) is 38.5 Å². The van der Waals surface area contributed by atoms with E-state index in [0.29, 0.717) is 12.2 Å². The van der Waals surface area contributed by atoms with Crippen LogP contribution in [0.4, 0.5) is 0 Å². The molecule has 0 spiro atoms. The minimum Gasteiger partial charge on any atom is -0.493 e. The molecule has 0 amide bonds. The second kappa shape index (κ2) is 9.40. The summed E-state index contributed by atoms with van der Waals surface area (Å²) in [5.74, 6) is -0.104. The normalized spacial score (nSPS) is 10.5. The molecule has 0 fully saturated rings. The van der Waals surface area contributed by atoms with Crippen LogP contribution in [0.1, 0.15) is 67.8 Å². The van der Waals surface area contributed by atoms with Crippen LogP contribution in [0.5, 0.6) is 5.75 Å². The van der Waals surface area contributed by atoms with E-state index in [2.05, 4.69) is 6.92 Å². The number of rotatable bonds is 10. The van der Waals surface area contributed by atoms with Crippen molar-refractivity contribution in [3.8, 4) is 5.75 Å². The molecule has 0 unspecified atom stereocenters. The van der Waals surface area contributed by atoms with E-state index in [1.54, 1.807) is 18.2 Å². The number of hydrogen-bond donors (Lipinski definition) is 1. The summed E-state index contributed by atoms with van der Waals surface area (Å²) >= 11 is 0. The Labute approximate surface area is 122 Å². The van der Waals surface area contributed by atoms with Crippen molar-refractivity contribution < 1.29 is 14.6 Å². The third-order valence-corrected chi connectivity index (χ3v) is 3.43. The van der Waals surface area contributed by atoms with Gasteiger partial charge in [0.05, 0.1) is 12.2 Å². The van der Waals surface area contributed by atoms with Crippen LogP contribution in [0, 0.1) is 6.92 Å². The van der Waals surface area contributed by atoms with E-state index in [-0.39, 0.29) is 0 Å². The molecule has 1 rings (SSSR count). The first-order valence-electron chi connectivity index (χ1n) is 7.62. The molecule has 0 heterocycles. The van der Waals surface area contributed by atoms with Gasteiger partial charge in [-0.3, -0.25) is 0 Å². The van der Waals surface area contributed by atoms with Crippen LogP contribution < -0.4 is 4.74 Å². The van der Waals surface area contributed by atoms with Crippen LogP contribution in [0.25, 0.3) is 0 Å². The number of aryl methyl sites for hydroxylation is 1. The molecule has 3 nitrogen and oxygen atoms in total. The highest BCUT2D eigenvalue weighted by Crippen LogP contribution is 2.19. The van der Waals surface area contributed by atoms with Crippen molar-refractivity contribution in [3.63, 3.8) is 0 Å². The zero-order chi connectivity index (χ0) is 14.8. The average Bonchev–Trinajstić information content (AvgIpc) is 2.43. The van der Waals surface area contributed by atoms with E-state index >= 15 is 0 Å². The molecule has 0 radical (unpaired) electrons. The van der Waals surface area contributed by atoms with Crippen LogP contribution in [0.15, 0.2) is 18.2 Å². The molecule has 112 valence electrons. The van der Waals surface area contributed by atoms with Gasteiger partial charge in [0, 0.05) is 0 Å². The maximum absolute atomic E-state index is 10.8. The summed E-state index contributed by atoms with van der Waals surface area (Å²) in [5, 5.41) is 8.89. The van der Waals surface area contributed by atoms with Gasteiger partial charge in [0.25, 0.3) is 0 Å². The molecule has 1 aromatic rings. The minimum atomic E-state index is -0.897. The summed E-state index contributed by atoms with van der Waals surface area (Å²) in [6.45, 7) is 4.82. The van der Waals surface area contributed by atoms with Gasteiger partial charge in [0.15, 0.2) is 0 Å². The van der Waals surface area contributed by atoms with Crippen molar-refractivity contribution in [1.29, 1.82) is 0 Å². The van der Waals surface area contributed by atoms with Gasteiger partial charge < -0.3 is 9.84 Å². The highest BCUT2D eigenvalue weighted by atomic mass is 16.5. The van der Waals surface area contributed by atoms with Crippen LogP contribution in [0.3, 0.4) is 0 Å². The quantitative estimate of drug-likeness (QED) is 0.624. The molecule has 0 atom stereocenters. The molecule has 0 aromatic heterocycles. The molecule has 0 aliphatic heterocycles. The Bertz CT molecular complexity index is 413. The number of aromatic carboxylic acids is 1. The molecule has 0 saturated heterocycles. The fourth-order valence-electron chi connectivity index (χ4n) is 2.19. The lowest BCUT2D eigenvalue weighted by Crippen LogP contribution is -2.01. The summed E-state index contributed by atoms with van der Waals surface area (Å²) in [6.07, 6.45) is 8.83. The Kier molecular flexibility index (Phi) is 7.78. The Morgan fingerprint density at radius 3 is 2.35 bits per heavy atom. The fourth-order valence-corrected chi connectivity index (χ4v) is 2.19. The molecule has 0 saturated carbocycles. The number of carbonyl (C=O) groups is 1. The maximum atomic E-state index is 10.8. The first-order valence-corrected chi connectivity index (χ1v) is 7.62. The molecule has 20 heavy (non-hydrogen) atoms. The molecule has 3 heteroatoms. The van der Waals surface area contributed by atoms with Crippen LogP contribution >= 0.6 is 0 Å². The van der Waals surface area contributed by atoms with Gasteiger partial charge in [-0.25, -0.2) is 4.79 Å². The van der Waals surface area contributed by atoms with Crippen molar-refractivity contribution >= 4 is 5.97 Å². The lowest BCUT2D eigenvalue weighted by Gasteiger charge is -2.09. The van der Waals surface area contributed by atoms with E-state index in [0.717, 1.165) is 17.7 Å². The smallest absolute Gasteiger partial charge is 0.335 e. The molecule has 0 aliphatic carbocycles. The second-order valence-electron chi connectivity index (χ2n) is 5.26. The van der Waals surface area contributed by atoms with Crippen molar-refractivity contribution in [3.05, 3.63) is 29.3 Å². The fraction of sp³-hybridized carbons (Fsp3) is 0.588. The molecule has 1 N–H and O–H groups in total. The highest BCUT2D eigenvalue weighted by molar-refractivity contribution is 5.88. The Hall–Kier alpha value is -1.51. The van der Waals surface area contributed by atoms with E-state index in [4.69, 9.17) is 9.84 Å². The monoisotopic (exact) mass is 278 g/mol. The second-order valence-corrected chi connectivity index (χ2v) is 5.26. The topological polar surface area (TPSA) is 46.5 Å². The summed E-state index contributed by atoms with van der Waals surface area (Å²) in [4.78, 5) is 10.8. The molecule has 0 aliphatic rings. The van der Waals surface area contributed by atoms with Gasteiger partial charge in [-0.1, -0.05) is 45.4 Å². The number of ether oxygens (including phenoxy) is 1. The largest absolute Gasteiger partial charge is 0.493 e. The highest BCUT2D eigenvalue weighted by Gasteiger charge is 2.06. The van der Waals surface area contributed by atoms with Gasteiger partial charge in [-0.15, -0.1) is 0 Å². The van der Waals surface area contributed by atoms with Crippen molar-refractivity contribution in [2.75, 3.05) is 6.61 Å². The third-order valence-electron chi connectivity index (χ3n) is 3.43. The molecular weight excluding hydrogens is 252 g/mol. The van der Waals surface area contributed by atoms with Crippen LogP contribution in [-0.4, -0.2) is 17.7 Å². The summed E-state index contributed by atoms with van der Waals surface area (Å²) in [5.41, 5.74) is 1.19. The summed E-state index contributed by atoms with van der Waals surface area (Å²) in [6, 6.07) is 5.00. The van der Waals surface area contributed by atoms with Gasteiger partial charge in [-0.05, 0) is 37.1 Å². The van der Waals surface area contributed by atoms with Crippen molar-refractivity contribution in [1.82, 2.24) is 0 Å². The molecule has 0 bridgehead atoms. The lowest BCUT2D eigenvalue weighted by atomic mass is 10.1. The van der Waals surface area contributed by atoms with Crippen molar-refractivity contribution in [2.24, 2.45) is 0 Å². The molecular formula is C17H26O3. The summed E-state index contributed by atoms with van der Waals surface area (Å²) in [7, 11) is 0. The number of benzene rings is 1. The first-order chi connectivity index (χ1) is 9.65. The minimum absolute atomic E-state index is 0.311. The Morgan fingerprint density at radius 1 is 1.10 bits per heavy atom. The Balaban J connectivity index is 2.20. The standard InChI is InChI=1S/C17H26O3/c1-3-4-5-6-7-8-9-12-20-16-11-10-15(17(18)19)13-14(16)2/h10-11,13H,3-9,12H2,1-2H3,(H,18,19). The van der Waals surface area contributed by atoms with Gasteiger partial charge >= 0.3 is 5.97 Å². The first kappa shape index (κ1) is 16.5. The maximum Gasteiger partial charge on any atom is 0.335 e. The number of carboxylic acids is 1. The number of carboxylic acid groups (broad SMARTS) is 1. The van der Waals surface area contributed by atoms with Gasteiger partial charge in [0.1, 0.15) is 5.75 Å². The number of hydrogen-bond acceptors (Lipinski definition) is 2. The van der Waals surface area contributed by atoms with E-state index in [9.17, 15) is 4.79 Å². The van der Waals surface area contributed by atoms with Gasteiger partial charge in [-0.2, -0.15) is 0 Å².